The van der Waals surface area contributed by atoms with E-state index in [-0.39, 0.29) is 17.1 Å². The fourth-order valence-electron chi connectivity index (χ4n) is 4.96. The maximum absolute atomic E-state index is 13.4. The van der Waals surface area contributed by atoms with Crippen molar-refractivity contribution in [3.8, 4) is 5.75 Å². The molecule has 1 aromatic carbocycles. The summed E-state index contributed by atoms with van der Waals surface area (Å²) in [6.07, 6.45) is 1.28. The molecule has 3 aliphatic rings. The van der Waals surface area contributed by atoms with E-state index in [0.29, 0.717) is 37.2 Å². The summed E-state index contributed by atoms with van der Waals surface area (Å²) in [6, 6.07) is 7.80. The number of carbonyl (C=O) groups excluding carboxylic acids is 1. The van der Waals surface area contributed by atoms with Crippen molar-refractivity contribution in [3.63, 3.8) is 0 Å². The molecule has 0 bridgehead atoms. The smallest absolute Gasteiger partial charge is 0.229 e. The first-order valence-electron chi connectivity index (χ1n) is 11.0. The number of allylic oxidation sites excluding steroid dienone is 2. The first-order chi connectivity index (χ1) is 15.4. The minimum absolute atomic E-state index is 0.115. The van der Waals surface area contributed by atoms with E-state index in [2.05, 4.69) is 29.0 Å². The summed E-state index contributed by atoms with van der Waals surface area (Å²) < 4.78 is 10.8. The topological polar surface area (TPSA) is 103 Å². The molecule has 0 saturated carbocycles. The van der Waals surface area contributed by atoms with Crippen LogP contribution < -0.4 is 20.7 Å². The Balaban J connectivity index is 1.66. The molecule has 1 unspecified atom stereocenters. The number of morpholine rings is 1. The van der Waals surface area contributed by atoms with Gasteiger partial charge in [0.15, 0.2) is 5.78 Å². The van der Waals surface area contributed by atoms with E-state index in [1.807, 2.05) is 24.3 Å². The van der Waals surface area contributed by atoms with Crippen molar-refractivity contribution in [1.29, 1.82) is 0 Å². The van der Waals surface area contributed by atoms with Crippen molar-refractivity contribution in [3.05, 3.63) is 46.7 Å². The van der Waals surface area contributed by atoms with Crippen LogP contribution in [-0.4, -0.2) is 49.2 Å². The van der Waals surface area contributed by atoms with Crippen LogP contribution in [0, 0.1) is 5.41 Å². The Hall–Kier alpha value is -3.13. The lowest BCUT2D eigenvalue weighted by Crippen LogP contribution is -2.38. The number of anilines is 3. The zero-order valence-corrected chi connectivity index (χ0v) is 18.8. The molecule has 3 heterocycles. The molecule has 2 aliphatic heterocycles. The SMILES string of the molecule is COc1ccc(C2C3=C(CC(C)(C)CC3=O)Nc3nc(N4CCOCC4)nc(N)c32)cc1. The van der Waals surface area contributed by atoms with E-state index >= 15 is 0 Å². The molecule has 1 saturated heterocycles. The average Bonchev–Trinajstić information content (AvgIpc) is 2.77. The largest absolute Gasteiger partial charge is 0.497 e. The van der Waals surface area contributed by atoms with Gasteiger partial charge in [-0.05, 0) is 29.5 Å². The summed E-state index contributed by atoms with van der Waals surface area (Å²) in [5.74, 6) is 2.27. The number of nitrogens with zero attached hydrogens (tertiary/aromatic N) is 3. The van der Waals surface area contributed by atoms with E-state index in [1.165, 1.54) is 0 Å². The third kappa shape index (κ3) is 3.58. The number of carbonyl (C=O) groups is 1. The Morgan fingerprint density at radius 1 is 1.16 bits per heavy atom. The number of Topliss-reactive ketones (excluding diaryl/α,β-unsaturated/α-hetero) is 1. The summed E-state index contributed by atoms with van der Waals surface area (Å²) >= 11 is 0. The van der Waals surface area contributed by atoms with Crippen LogP contribution in [0.3, 0.4) is 0 Å². The third-order valence-electron chi connectivity index (χ3n) is 6.47. The predicted molar refractivity (Wildman–Crippen MR) is 123 cm³/mol. The molecule has 32 heavy (non-hydrogen) atoms. The van der Waals surface area contributed by atoms with Crippen molar-refractivity contribution in [1.82, 2.24) is 9.97 Å². The molecule has 2 aromatic rings. The highest BCUT2D eigenvalue weighted by Crippen LogP contribution is 2.50. The normalized spacial score (nSPS) is 22.2. The zero-order chi connectivity index (χ0) is 22.5. The van der Waals surface area contributed by atoms with Gasteiger partial charge in [-0.2, -0.15) is 9.97 Å². The van der Waals surface area contributed by atoms with Crippen LogP contribution >= 0.6 is 0 Å². The van der Waals surface area contributed by atoms with E-state index in [9.17, 15) is 4.79 Å². The average molecular weight is 436 g/mol. The number of benzene rings is 1. The van der Waals surface area contributed by atoms with Gasteiger partial charge in [-0.1, -0.05) is 26.0 Å². The number of aromatic nitrogens is 2. The highest BCUT2D eigenvalue weighted by atomic mass is 16.5. The first kappa shape index (κ1) is 20.8. The van der Waals surface area contributed by atoms with Crippen molar-refractivity contribution in [2.45, 2.75) is 32.6 Å². The van der Waals surface area contributed by atoms with Crippen molar-refractivity contribution in [2.75, 3.05) is 49.4 Å². The summed E-state index contributed by atoms with van der Waals surface area (Å²) in [4.78, 5) is 25.0. The third-order valence-corrected chi connectivity index (χ3v) is 6.47. The Labute approximate surface area is 187 Å². The van der Waals surface area contributed by atoms with Gasteiger partial charge in [0.2, 0.25) is 5.95 Å². The van der Waals surface area contributed by atoms with Gasteiger partial charge >= 0.3 is 0 Å². The van der Waals surface area contributed by atoms with E-state index in [1.54, 1.807) is 7.11 Å². The fraction of sp³-hybridized carbons (Fsp3) is 0.458. The number of hydrogen-bond donors (Lipinski definition) is 2. The van der Waals surface area contributed by atoms with Crippen molar-refractivity contribution >= 4 is 23.4 Å². The van der Waals surface area contributed by atoms with Crippen molar-refractivity contribution in [2.24, 2.45) is 5.41 Å². The number of ether oxygens (including phenoxy) is 2. The lowest BCUT2D eigenvalue weighted by molar-refractivity contribution is -0.118. The minimum Gasteiger partial charge on any atom is -0.497 e. The van der Waals surface area contributed by atoms with Crippen LogP contribution in [0.2, 0.25) is 0 Å². The summed E-state index contributed by atoms with van der Waals surface area (Å²) in [5.41, 5.74) is 9.88. The van der Waals surface area contributed by atoms with Gasteiger partial charge in [0.25, 0.3) is 0 Å². The Morgan fingerprint density at radius 3 is 2.56 bits per heavy atom. The predicted octanol–water partition coefficient (Wildman–Crippen LogP) is 3.10. The van der Waals surface area contributed by atoms with Gasteiger partial charge in [0.05, 0.1) is 20.3 Å². The highest BCUT2D eigenvalue weighted by Gasteiger charge is 2.42. The Morgan fingerprint density at radius 2 is 1.88 bits per heavy atom. The van der Waals surface area contributed by atoms with E-state index < -0.39 is 0 Å². The van der Waals surface area contributed by atoms with Gasteiger partial charge in [0, 0.05) is 42.3 Å². The van der Waals surface area contributed by atoms with Gasteiger partial charge in [0.1, 0.15) is 17.4 Å². The Bertz CT molecular complexity index is 1090. The number of fused-ring (bicyclic) bond motifs is 1. The number of nitrogens with two attached hydrogens (primary N) is 1. The summed E-state index contributed by atoms with van der Waals surface area (Å²) in [7, 11) is 1.64. The van der Waals surface area contributed by atoms with E-state index in [4.69, 9.17) is 20.2 Å². The monoisotopic (exact) mass is 435 g/mol. The molecule has 0 spiro atoms. The van der Waals surface area contributed by atoms with Crippen LogP contribution in [0.25, 0.3) is 0 Å². The van der Waals surface area contributed by atoms with Crippen LogP contribution in [0.15, 0.2) is 35.5 Å². The molecule has 3 N–H and O–H groups in total. The number of ketones is 1. The molecular weight excluding hydrogens is 406 g/mol. The van der Waals surface area contributed by atoms with Gasteiger partial charge in [-0.15, -0.1) is 0 Å². The summed E-state index contributed by atoms with van der Waals surface area (Å²) in [5, 5.41) is 3.47. The maximum atomic E-state index is 13.4. The lowest BCUT2D eigenvalue weighted by atomic mass is 9.69. The van der Waals surface area contributed by atoms with Crippen molar-refractivity contribution < 1.29 is 14.3 Å². The minimum atomic E-state index is -0.311. The summed E-state index contributed by atoms with van der Waals surface area (Å²) in [6.45, 7) is 6.98. The molecule has 8 heteroatoms. The van der Waals surface area contributed by atoms with Crippen LogP contribution in [0.5, 0.6) is 5.75 Å². The van der Waals surface area contributed by atoms with Gasteiger partial charge in [-0.3, -0.25) is 4.79 Å². The van der Waals surface area contributed by atoms with Crippen LogP contribution in [0.1, 0.15) is 43.7 Å². The van der Waals surface area contributed by atoms with Gasteiger partial charge in [-0.25, -0.2) is 0 Å². The number of nitrogen functional groups attached to an aromatic ring is 1. The second-order valence-electron chi connectivity index (χ2n) is 9.43. The second kappa shape index (κ2) is 7.78. The maximum Gasteiger partial charge on any atom is 0.229 e. The molecule has 1 atom stereocenters. The van der Waals surface area contributed by atoms with E-state index in [0.717, 1.165) is 47.7 Å². The molecular formula is C24H29N5O3. The number of methoxy groups -OCH3 is 1. The first-order valence-corrected chi connectivity index (χ1v) is 11.0. The molecule has 1 aromatic heterocycles. The molecule has 1 fully saturated rings. The number of nitrogens with one attached hydrogen (secondary N) is 1. The molecule has 0 radical (unpaired) electrons. The molecule has 168 valence electrons. The standard InChI is InChI=1S/C24H29N5O3/c1-24(2)12-16-19(17(30)13-24)18(14-4-6-15(31-3)7-5-14)20-21(25)27-23(28-22(20)26-16)29-8-10-32-11-9-29/h4-7,18H,8-13H2,1-3H3,(H3,25,26,27,28). The zero-order valence-electron chi connectivity index (χ0n) is 18.8. The molecule has 0 amide bonds. The van der Waals surface area contributed by atoms with Gasteiger partial charge < -0.3 is 25.4 Å². The fourth-order valence-corrected chi connectivity index (χ4v) is 4.96. The van der Waals surface area contributed by atoms with Crippen LogP contribution in [-0.2, 0) is 9.53 Å². The quantitative estimate of drug-likeness (QED) is 0.758. The molecule has 8 nitrogen and oxygen atoms in total. The molecule has 5 rings (SSSR count). The Kier molecular flexibility index (Phi) is 5.04. The second-order valence-corrected chi connectivity index (χ2v) is 9.43. The lowest BCUT2D eigenvalue weighted by Gasteiger charge is -2.39. The number of hydrogen-bond acceptors (Lipinski definition) is 8. The highest BCUT2D eigenvalue weighted by molar-refractivity contribution is 6.02. The van der Waals surface area contributed by atoms with Crippen LogP contribution in [0.4, 0.5) is 17.6 Å². The number of rotatable bonds is 3. The molecule has 1 aliphatic carbocycles.